The van der Waals surface area contributed by atoms with E-state index < -0.39 is 0 Å². The molecule has 0 amide bonds. The number of benzene rings is 3. The summed E-state index contributed by atoms with van der Waals surface area (Å²) in [6.45, 7) is 4.45. The summed E-state index contributed by atoms with van der Waals surface area (Å²) in [5.41, 5.74) is 9.87. The van der Waals surface area contributed by atoms with Crippen molar-refractivity contribution in [1.82, 2.24) is 0 Å². The van der Waals surface area contributed by atoms with Crippen LogP contribution in [0.5, 0.6) is 5.75 Å². The van der Waals surface area contributed by atoms with Crippen molar-refractivity contribution in [2.24, 2.45) is 5.92 Å². The average molecular weight is 340 g/mol. The molecule has 2 aliphatic carbocycles. The topological polar surface area (TPSA) is 26.3 Å². The number of aryl methyl sites for hydroxylation is 2. The highest BCUT2D eigenvalue weighted by Crippen LogP contribution is 2.54. The van der Waals surface area contributed by atoms with E-state index in [1.54, 1.807) is 0 Å². The van der Waals surface area contributed by atoms with Gasteiger partial charge in [-0.3, -0.25) is 4.79 Å². The minimum atomic E-state index is -0.127. The van der Waals surface area contributed by atoms with Crippen molar-refractivity contribution in [3.63, 3.8) is 0 Å². The average Bonchev–Trinajstić information content (AvgIpc) is 3.23. The van der Waals surface area contributed by atoms with Crippen LogP contribution in [0.1, 0.15) is 44.9 Å². The number of hydrogen-bond acceptors (Lipinski definition) is 2. The summed E-state index contributed by atoms with van der Waals surface area (Å²) < 4.78 is 5.46. The second kappa shape index (κ2) is 4.76. The van der Waals surface area contributed by atoms with E-state index in [0.29, 0.717) is 18.3 Å². The summed E-state index contributed by atoms with van der Waals surface area (Å²) in [6.07, 6.45) is 2.71. The molecule has 0 N–H and O–H groups in total. The van der Waals surface area contributed by atoms with Gasteiger partial charge in [0.25, 0.3) is 0 Å². The van der Waals surface area contributed by atoms with Gasteiger partial charge in [-0.15, -0.1) is 0 Å². The van der Waals surface area contributed by atoms with Crippen molar-refractivity contribution in [3.8, 4) is 5.75 Å². The summed E-state index contributed by atoms with van der Waals surface area (Å²) in [7, 11) is 0. The van der Waals surface area contributed by atoms with Crippen LogP contribution < -0.4 is 4.74 Å². The number of hydrogen-bond donors (Lipinski definition) is 0. The Hall–Kier alpha value is -2.61. The maximum Gasteiger partial charge on any atom is 0.315 e. The molecule has 0 bridgehead atoms. The number of carbonyl (C=O) groups is 1. The standard InChI is InChI=1S/C24H20O2/c1-12-7-13(2)21-16(8-12)10-17-9-15-4-3-14-5-6-19-18(11-20(25)26-19)22(14)23(15)24(17)21/h3-8,17,24H,9-11H2,1-2H3. The van der Waals surface area contributed by atoms with Gasteiger partial charge in [0.05, 0.1) is 6.42 Å². The van der Waals surface area contributed by atoms with E-state index in [2.05, 4.69) is 44.2 Å². The maximum atomic E-state index is 11.9. The smallest absolute Gasteiger partial charge is 0.315 e. The predicted molar refractivity (Wildman–Crippen MR) is 102 cm³/mol. The molecule has 26 heavy (non-hydrogen) atoms. The lowest BCUT2D eigenvalue weighted by molar-refractivity contribution is -0.131. The van der Waals surface area contributed by atoms with Gasteiger partial charge in [0, 0.05) is 11.5 Å². The Kier molecular flexibility index (Phi) is 2.66. The van der Waals surface area contributed by atoms with Gasteiger partial charge >= 0.3 is 5.97 Å². The molecule has 2 unspecified atom stereocenters. The number of ether oxygens (including phenoxy) is 1. The number of rotatable bonds is 0. The first kappa shape index (κ1) is 14.5. The van der Waals surface area contributed by atoms with Gasteiger partial charge in [0.2, 0.25) is 0 Å². The number of esters is 1. The zero-order chi connectivity index (χ0) is 17.6. The quantitative estimate of drug-likeness (QED) is 0.435. The van der Waals surface area contributed by atoms with Crippen LogP contribution in [0.4, 0.5) is 0 Å². The molecule has 3 aromatic rings. The van der Waals surface area contributed by atoms with Gasteiger partial charge < -0.3 is 4.74 Å². The second-order valence-electron chi connectivity index (χ2n) is 8.23. The molecule has 0 radical (unpaired) electrons. The molecule has 1 aliphatic heterocycles. The molecule has 2 nitrogen and oxygen atoms in total. The fraction of sp³-hybridized carbons (Fsp3) is 0.292. The first-order chi connectivity index (χ1) is 12.6. The second-order valence-corrected chi connectivity index (χ2v) is 8.23. The van der Waals surface area contributed by atoms with Crippen molar-refractivity contribution in [2.75, 3.05) is 0 Å². The Balaban J connectivity index is 1.68. The zero-order valence-electron chi connectivity index (χ0n) is 15.1. The third-order valence-corrected chi connectivity index (χ3v) is 6.60. The molecule has 0 spiro atoms. The monoisotopic (exact) mass is 340 g/mol. The molecule has 2 atom stereocenters. The van der Waals surface area contributed by atoms with E-state index in [9.17, 15) is 4.79 Å². The maximum absolute atomic E-state index is 11.9. The van der Waals surface area contributed by atoms with Crippen LogP contribution in [0.2, 0.25) is 0 Å². The lowest BCUT2D eigenvalue weighted by atomic mass is 9.85. The molecular weight excluding hydrogens is 320 g/mol. The van der Waals surface area contributed by atoms with Crippen LogP contribution >= 0.6 is 0 Å². The minimum Gasteiger partial charge on any atom is -0.426 e. The van der Waals surface area contributed by atoms with Crippen LogP contribution in [0, 0.1) is 19.8 Å². The Bertz CT molecular complexity index is 1140. The normalized spacial score (nSPS) is 22.2. The summed E-state index contributed by atoms with van der Waals surface area (Å²) in [6, 6.07) is 13.3. The van der Waals surface area contributed by atoms with Crippen molar-refractivity contribution < 1.29 is 9.53 Å². The predicted octanol–water partition coefficient (Wildman–Crippen LogP) is 4.78. The summed E-state index contributed by atoms with van der Waals surface area (Å²) in [5.74, 6) is 1.75. The van der Waals surface area contributed by atoms with Crippen molar-refractivity contribution in [1.29, 1.82) is 0 Å². The Morgan fingerprint density at radius 3 is 2.65 bits per heavy atom. The molecule has 0 aromatic heterocycles. The molecule has 3 aliphatic rings. The first-order valence-electron chi connectivity index (χ1n) is 9.48. The lowest BCUT2D eigenvalue weighted by Gasteiger charge is -2.18. The van der Waals surface area contributed by atoms with E-state index in [1.165, 1.54) is 50.6 Å². The van der Waals surface area contributed by atoms with Crippen molar-refractivity contribution in [2.45, 2.75) is 39.0 Å². The van der Waals surface area contributed by atoms with E-state index in [-0.39, 0.29) is 5.97 Å². The third kappa shape index (κ3) is 1.74. The van der Waals surface area contributed by atoms with Crippen molar-refractivity contribution >= 4 is 16.7 Å². The Labute approximate surface area is 152 Å². The van der Waals surface area contributed by atoms with Gasteiger partial charge in [-0.2, -0.15) is 0 Å². The Morgan fingerprint density at radius 2 is 1.77 bits per heavy atom. The first-order valence-corrected chi connectivity index (χ1v) is 9.48. The molecule has 0 saturated carbocycles. The highest BCUT2D eigenvalue weighted by molar-refractivity contribution is 5.98. The van der Waals surface area contributed by atoms with Crippen LogP contribution in [-0.2, 0) is 24.1 Å². The van der Waals surface area contributed by atoms with Gasteiger partial charge in [-0.1, -0.05) is 35.9 Å². The largest absolute Gasteiger partial charge is 0.426 e. The molecule has 2 heteroatoms. The fourth-order valence-electron chi connectivity index (χ4n) is 5.82. The molecule has 0 saturated heterocycles. The van der Waals surface area contributed by atoms with E-state index in [1.807, 2.05) is 6.07 Å². The van der Waals surface area contributed by atoms with Gasteiger partial charge in [-0.25, -0.2) is 0 Å². The highest BCUT2D eigenvalue weighted by atomic mass is 16.5. The number of fused-ring (bicyclic) bond motifs is 9. The third-order valence-electron chi connectivity index (χ3n) is 6.60. The molecule has 128 valence electrons. The van der Waals surface area contributed by atoms with Crippen LogP contribution in [-0.4, -0.2) is 5.97 Å². The number of carbonyl (C=O) groups excluding carboxylic acids is 1. The van der Waals surface area contributed by atoms with Gasteiger partial charge in [0.1, 0.15) is 5.75 Å². The zero-order valence-corrected chi connectivity index (χ0v) is 15.1. The summed E-state index contributed by atoms with van der Waals surface area (Å²) in [4.78, 5) is 11.9. The van der Waals surface area contributed by atoms with E-state index in [4.69, 9.17) is 4.74 Å². The summed E-state index contributed by atoms with van der Waals surface area (Å²) in [5, 5.41) is 2.52. The van der Waals surface area contributed by atoms with Gasteiger partial charge in [-0.05, 0) is 77.3 Å². The molecule has 0 fully saturated rings. The molecule has 6 rings (SSSR count). The van der Waals surface area contributed by atoms with E-state index >= 15 is 0 Å². The van der Waals surface area contributed by atoms with Crippen LogP contribution in [0.15, 0.2) is 36.4 Å². The lowest BCUT2D eigenvalue weighted by Crippen LogP contribution is -2.04. The minimum absolute atomic E-state index is 0.127. The van der Waals surface area contributed by atoms with E-state index in [0.717, 1.165) is 17.7 Å². The van der Waals surface area contributed by atoms with Crippen molar-refractivity contribution in [3.05, 3.63) is 75.3 Å². The molecule has 1 heterocycles. The Morgan fingerprint density at radius 1 is 0.962 bits per heavy atom. The summed E-state index contributed by atoms with van der Waals surface area (Å²) >= 11 is 0. The van der Waals surface area contributed by atoms with Gasteiger partial charge in [0.15, 0.2) is 0 Å². The molecular formula is C24H20O2. The van der Waals surface area contributed by atoms with Crippen LogP contribution in [0.3, 0.4) is 0 Å². The fourth-order valence-corrected chi connectivity index (χ4v) is 5.82. The van der Waals surface area contributed by atoms with Crippen LogP contribution in [0.25, 0.3) is 10.8 Å². The highest BCUT2D eigenvalue weighted by Gasteiger charge is 2.42. The molecule has 3 aromatic carbocycles. The SMILES string of the molecule is Cc1cc(C)c2c(c1)CC1Cc3ccc4ccc5c(c4c3C21)CC(=O)O5.